The molecule has 7 heteroatoms. The molecule has 0 radical (unpaired) electrons. The molecule has 0 spiro atoms. The van der Waals surface area contributed by atoms with E-state index in [-0.39, 0.29) is 18.3 Å². The summed E-state index contributed by atoms with van der Waals surface area (Å²) in [5.41, 5.74) is 0. The van der Waals surface area contributed by atoms with E-state index in [1.54, 1.807) is 7.05 Å². The van der Waals surface area contributed by atoms with Crippen LogP contribution in [-0.4, -0.2) is 42.6 Å². The predicted molar refractivity (Wildman–Crippen MR) is 77.3 cm³/mol. The van der Waals surface area contributed by atoms with Crippen molar-refractivity contribution in [3.8, 4) is 0 Å². The van der Waals surface area contributed by atoms with E-state index in [9.17, 15) is 9.18 Å². The second-order valence-corrected chi connectivity index (χ2v) is 4.50. The average molecular weight is 283 g/mol. The van der Waals surface area contributed by atoms with Gasteiger partial charge in [0.25, 0.3) is 0 Å². The Hall–Kier alpha value is -1.92. The molecule has 1 aromatic rings. The fraction of sp³-hybridized carbons (Fsp3) is 0.615. The molecular weight excluding hydrogens is 261 g/mol. The van der Waals surface area contributed by atoms with Gasteiger partial charge in [-0.15, -0.1) is 0 Å². The van der Waals surface area contributed by atoms with Crippen molar-refractivity contribution in [2.45, 2.75) is 26.7 Å². The lowest BCUT2D eigenvalue weighted by atomic mass is 10.4. The maximum absolute atomic E-state index is 13.7. The zero-order chi connectivity index (χ0) is 15.0. The van der Waals surface area contributed by atoms with Crippen LogP contribution in [0.2, 0.25) is 0 Å². The molecule has 6 nitrogen and oxygen atoms in total. The quantitative estimate of drug-likeness (QED) is 0.754. The summed E-state index contributed by atoms with van der Waals surface area (Å²) in [6.07, 6.45) is 2.90. The van der Waals surface area contributed by atoms with E-state index >= 15 is 0 Å². The van der Waals surface area contributed by atoms with Crippen LogP contribution < -0.4 is 15.5 Å². The van der Waals surface area contributed by atoms with Crippen molar-refractivity contribution in [3.05, 3.63) is 12.0 Å². The second-order valence-electron chi connectivity index (χ2n) is 4.50. The molecule has 0 aromatic carbocycles. The lowest BCUT2D eigenvalue weighted by molar-refractivity contribution is -0.119. The Labute approximate surface area is 118 Å². The molecule has 1 aromatic heterocycles. The molecule has 20 heavy (non-hydrogen) atoms. The first-order valence-corrected chi connectivity index (χ1v) is 6.82. The molecule has 0 aliphatic carbocycles. The molecule has 1 heterocycles. The number of carbonyl (C=O) groups is 1. The van der Waals surface area contributed by atoms with Crippen molar-refractivity contribution in [1.29, 1.82) is 0 Å². The third-order valence-electron chi connectivity index (χ3n) is 2.57. The highest BCUT2D eigenvalue weighted by atomic mass is 19.1. The van der Waals surface area contributed by atoms with Crippen LogP contribution >= 0.6 is 0 Å². The Kier molecular flexibility index (Phi) is 6.69. The fourth-order valence-electron chi connectivity index (χ4n) is 1.56. The lowest BCUT2D eigenvalue weighted by Crippen LogP contribution is -2.36. The van der Waals surface area contributed by atoms with E-state index < -0.39 is 5.82 Å². The van der Waals surface area contributed by atoms with Crippen molar-refractivity contribution < 1.29 is 9.18 Å². The topological polar surface area (TPSA) is 70.2 Å². The zero-order valence-electron chi connectivity index (χ0n) is 12.2. The van der Waals surface area contributed by atoms with E-state index in [0.717, 1.165) is 19.0 Å². The van der Waals surface area contributed by atoms with Crippen molar-refractivity contribution in [3.63, 3.8) is 0 Å². The lowest BCUT2D eigenvalue weighted by Gasteiger charge is -2.18. The van der Waals surface area contributed by atoms with Gasteiger partial charge in [0.15, 0.2) is 11.6 Å². The van der Waals surface area contributed by atoms with E-state index in [2.05, 4.69) is 20.6 Å². The first kappa shape index (κ1) is 16.1. The molecule has 1 amide bonds. The van der Waals surface area contributed by atoms with Crippen molar-refractivity contribution in [1.82, 2.24) is 15.3 Å². The monoisotopic (exact) mass is 283 g/mol. The third-order valence-corrected chi connectivity index (χ3v) is 2.57. The Morgan fingerprint density at radius 3 is 2.70 bits per heavy atom. The Morgan fingerprint density at radius 1 is 1.35 bits per heavy atom. The highest BCUT2D eigenvalue weighted by Crippen LogP contribution is 2.15. The summed E-state index contributed by atoms with van der Waals surface area (Å²) in [6.45, 7) is 5.37. The van der Waals surface area contributed by atoms with Gasteiger partial charge in [-0.3, -0.25) is 4.79 Å². The number of halogens is 1. The molecule has 0 bridgehead atoms. The molecule has 0 saturated carbocycles. The zero-order valence-corrected chi connectivity index (χ0v) is 12.2. The summed E-state index contributed by atoms with van der Waals surface area (Å²) in [6, 6.07) is 0. The normalized spacial score (nSPS) is 10.2. The summed E-state index contributed by atoms with van der Waals surface area (Å²) in [5.74, 6) is -0.220. The Bertz CT molecular complexity index is 441. The molecule has 0 saturated heterocycles. The number of amides is 1. The maximum Gasteiger partial charge on any atom is 0.239 e. The number of rotatable bonds is 8. The minimum atomic E-state index is -0.544. The second kappa shape index (κ2) is 8.29. The van der Waals surface area contributed by atoms with Crippen LogP contribution in [0.3, 0.4) is 0 Å². The van der Waals surface area contributed by atoms with Gasteiger partial charge in [-0.25, -0.2) is 9.37 Å². The molecule has 0 aliphatic heterocycles. The minimum absolute atomic E-state index is 0.0567. The van der Waals surface area contributed by atoms with E-state index in [4.69, 9.17) is 0 Å². The van der Waals surface area contributed by atoms with Crippen LogP contribution in [-0.2, 0) is 4.79 Å². The first-order valence-electron chi connectivity index (χ1n) is 6.82. The standard InChI is InChI=1S/C13H22FN5O/c1-4-6-15-11(20)9-19(3)12-10(14)8-17-13(18-12)16-7-5-2/h8H,4-7,9H2,1-3H3,(H,15,20)(H,16,17,18). The number of hydrogen-bond donors (Lipinski definition) is 2. The maximum atomic E-state index is 13.7. The van der Waals surface area contributed by atoms with Crippen LogP contribution in [0.15, 0.2) is 6.20 Å². The smallest absolute Gasteiger partial charge is 0.239 e. The number of anilines is 2. The van der Waals surface area contributed by atoms with Crippen LogP contribution in [0.4, 0.5) is 16.2 Å². The van der Waals surface area contributed by atoms with Crippen LogP contribution in [0, 0.1) is 5.82 Å². The third kappa shape index (κ3) is 4.99. The van der Waals surface area contributed by atoms with E-state index in [1.165, 1.54) is 4.90 Å². The van der Waals surface area contributed by atoms with Gasteiger partial charge in [0, 0.05) is 20.1 Å². The molecule has 0 fully saturated rings. The highest BCUT2D eigenvalue weighted by Gasteiger charge is 2.14. The summed E-state index contributed by atoms with van der Waals surface area (Å²) in [7, 11) is 1.63. The van der Waals surface area contributed by atoms with Crippen molar-refractivity contribution in [2.24, 2.45) is 0 Å². The molecule has 0 aliphatic rings. The first-order chi connectivity index (χ1) is 9.58. The molecular formula is C13H22FN5O. The Balaban J connectivity index is 2.70. The van der Waals surface area contributed by atoms with E-state index in [1.807, 2.05) is 13.8 Å². The number of likely N-dealkylation sites (N-methyl/N-ethyl adjacent to an activating group) is 1. The molecule has 1 rings (SSSR count). The predicted octanol–water partition coefficient (Wildman–Crippen LogP) is 1.40. The fourth-order valence-corrected chi connectivity index (χ4v) is 1.56. The number of carbonyl (C=O) groups excluding carboxylic acids is 1. The van der Waals surface area contributed by atoms with Gasteiger partial charge in [-0.05, 0) is 12.8 Å². The van der Waals surface area contributed by atoms with Crippen molar-refractivity contribution in [2.75, 3.05) is 36.9 Å². The number of aromatic nitrogens is 2. The summed E-state index contributed by atoms with van der Waals surface area (Å²) in [4.78, 5) is 21.0. The van der Waals surface area contributed by atoms with Gasteiger partial charge in [-0.2, -0.15) is 4.98 Å². The number of nitrogens with one attached hydrogen (secondary N) is 2. The van der Waals surface area contributed by atoms with Gasteiger partial charge in [0.05, 0.1) is 12.7 Å². The number of hydrogen-bond acceptors (Lipinski definition) is 5. The van der Waals surface area contributed by atoms with Gasteiger partial charge in [0.1, 0.15) is 0 Å². The minimum Gasteiger partial charge on any atom is -0.355 e. The summed E-state index contributed by atoms with van der Waals surface area (Å²) < 4.78 is 13.7. The van der Waals surface area contributed by atoms with Gasteiger partial charge >= 0.3 is 0 Å². The Morgan fingerprint density at radius 2 is 2.05 bits per heavy atom. The van der Waals surface area contributed by atoms with Gasteiger partial charge in [0.2, 0.25) is 11.9 Å². The average Bonchev–Trinajstić information content (AvgIpc) is 2.44. The summed E-state index contributed by atoms with van der Waals surface area (Å²) in [5, 5.41) is 5.73. The molecule has 0 unspecified atom stereocenters. The van der Waals surface area contributed by atoms with Crippen LogP contribution in [0.1, 0.15) is 26.7 Å². The van der Waals surface area contributed by atoms with E-state index in [0.29, 0.717) is 19.0 Å². The summed E-state index contributed by atoms with van der Waals surface area (Å²) >= 11 is 0. The largest absolute Gasteiger partial charge is 0.355 e. The van der Waals surface area contributed by atoms with Crippen molar-refractivity contribution >= 4 is 17.7 Å². The number of nitrogens with zero attached hydrogens (tertiary/aromatic N) is 3. The van der Waals surface area contributed by atoms with Crippen LogP contribution in [0.25, 0.3) is 0 Å². The molecule has 0 atom stereocenters. The molecule has 2 N–H and O–H groups in total. The van der Waals surface area contributed by atoms with Crippen LogP contribution in [0.5, 0.6) is 0 Å². The highest BCUT2D eigenvalue weighted by molar-refractivity contribution is 5.80. The molecule has 112 valence electrons. The SMILES string of the molecule is CCCNC(=O)CN(C)c1nc(NCCC)ncc1F. The van der Waals surface area contributed by atoms with Gasteiger partial charge < -0.3 is 15.5 Å². The van der Waals surface area contributed by atoms with Gasteiger partial charge in [-0.1, -0.05) is 13.8 Å².